The maximum Gasteiger partial charge on any atom is 0.196 e. The number of rotatable bonds is 4. The fraction of sp³-hybridized carbons (Fsp3) is 0.462. The summed E-state index contributed by atoms with van der Waals surface area (Å²) in [5.41, 5.74) is 3.96. The summed E-state index contributed by atoms with van der Waals surface area (Å²) < 4.78 is 0. The van der Waals surface area contributed by atoms with Crippen LogP contribution >= 0.6 is 23.2 Å². The smallest absolute Gasteiger partial charge is 0.196 e. The quantitative estimate of drug-likeness (QED) is 0.587. The molecule has 0 bridgehead atoms. The SMILES string of the molecule is CCc1cc(C)cc(CC)c1C(=O)C(Cl)Cl. The van der Waals surface area contributed by atoms with Gasteiger partial charge < -0.3 is 0 Å². The summed E-state index contributed by atoms with van der Waals surface area (Å²) >= 11 is 11.4. The molecule has 0 amide bonds. The minimum absolute atomic E-state index is 0.183. The molecular formula is C13H16Cl2O. The van der Waals surface area contributed by atoms with Gasteiger partial charge in [-0.3, -0.25) is 4.79 Å². The molecule has 0 aromatic heterocycles. The van der Waals surface area contributed by atoms with Gasteiger partial charge >= 0.3 is 0 Å². The van der Waals surface area contributed by atoms with Gasteiger partial charge in [0.15, 0.2) is 10.6 Å². The molecule has 3 heteroatoms. The van der Waals surface area contributed by atoms with E-state index < -0.39 is 4.84 Å². The van der Waals surface area contributed by atoms with Crippen LogP contribution in [0.25, 0.3) is 0 Å². The van der Waals surface area contributed by atoms with Crippen LogP contribution < -0.4 is 0 Å². The first-order chi connectivity index (χ1) is 7.51. The Labute approximate surface area is 107 Å². The second-order valence-corrected chi connectivity index (χ2v) is 4.93. The number of hydrogen-bond acceptors (Lipinski definition) is 1. The lowest BCUT2D eigenvalue weighted by atomic mass is 9.92. The number of ketones is 1. The van der Waals surface area contributed by atoms with E-state index >= 15 is 0 Å². The number of aryl methyl sites for hydroxylation is 3. The molecule has 0 spiro atoms. The van der Waals surface area contributed by atoms with Crippen molar-refractivity contribution in [2.75, 3.05) is 0 Å². The normalized spacial score (nSPS) is 10.9. The van der Waals surface area contributed by atoms with Gasteiger partial charge in [0.25, 0.3) is 0 Å². The summed E-state index contributed by atoms with van der Waals surface area (Å²) in [4.78, 5) is 11.0. The summed E-state index contributed by atoms with van der Waals surface area (Å²) in [6.07, 6.45) is 1.63. The van der Waals surface area contributed by atoms with Crippen LogP contribution in [-0.4, -0.2) is 10.6 Å². The topological polar surface area (TPSA) is 17.1 Å². The van der Waals surface area contributed by atoms with E-state index in [0.29, 0.717) is 5.56 Å². The zero-order chi connectivity index (χ0) is 12.3. The van der Waals surface area contributed by atoms with Gasteiger partial charge in [-0.1, -0.05) is 54.7 Å². The van der Waals surface area contributed by atoms with Crippen molar-refractivity contribution in [2.24, 2.45) is 0 Å². The Kier molecular flexibility index (Phi) is 4.82. The van der Waals surface area contributed by atoms with Crippen molar-refractivity contribution >= 4 is 29.0 Å². The van der Waals surface area contributed by atoms with Crippen molar-refractivity contribution in [1.82, 2.24) is 0 Å². The van der Waals surface area contributed by atoms with Gasteiger partial charge in [-0.25, -0.2) is 0 Å². The van der Waals surface area contributed by atoms with Crippen molar-refractivity contribution in [3.63, 3.8) is 0 Å². The lowest BCUT2D eigenvalue weighted by Crippen LogP contribution is -2.14. The summed E-state index contributed by atoms with van der Waals surface area (Å²) in [7, 11) is 0. The molecule has 0 aliphatic rings. The van der Waals surface area contributed by atoms with Crippen LogP contribution in [0.3, 0.4) is 0 Å². The van der Waals surface area contributed by atoms with E-state index in [9.17, 15) is 4.79 Å². The summed E-state index contributed by atoms with van der Waals surface area (Å²) in [5, 5.41) is 0. The lowest BCUT2D eigenvalue weighted by molar-refractivity contribution is 0.100. The Morgan fingerprint density at radius 2 is 1.62 bits per heavy atom. The molecule has 0 unspecified atom stereocenters. The standard InChI is InChI=1S/C13H16Cl2O/c1-4-9-6-8(3)7-10(5-2)11(9)12(16)13(14)15/h6-7,13H,4-5H2,1-3H3. The molecule has 1 rings (SSSR count). The maximum atomic E-state index is 12.0. The minimum atomic E-state index is -0.974. The zero-order valence-corrected chi connectivity index (χ0v) is 11.3. The first-order valence-electron chi connectivity index (χ1n) is 5.46. The molecule has 0 N–H and O–H groups in total. The number of alkyl halides is 2. The van der Waals surface area contributed by atoms with Gasteiger partial charge in [-0.2, -0.15) is 0 Å². The van der Waals surface area contributed by atoms with E-state index in [2.05, 4.69) is 0 Å². The fourth-order valence-electron chi connectivity index (χ4n) is 1.93. The molecule has 1 aromatic rings. The Hall–Kier alpha value is -0.530. The van der Waals surface area contributed by atoms with Gasteiger partial charge in [-0.15, -0.1) is 0 Å². The number of hydrogen-bond donors (Lipinski definition) is 0. The first kappa shape index (κ1) is 13.5. The molecule has 0 saturated carbocycles. The second-order valence-electron chi connectivity index (χ2n) is 3.83. The van der Waals surface area contributed by atoms with E-state index in [1.165, 1.54) is 5.56 Å². The third-order valence-electron chi connectivity index (χ3n) is 2.65. The van der Waals surface area contributed by atoms with Crippen LogP contribution in [0.4, 0.5) is 0 Å². The van der Waals surface area contributed by atoms with Gasteiger partial charge in [0, 0.05) is 5.56 Å². The van der Waals surface area contributed by atoms with Crippen LogP contribution in [0.5, 0.6) is 0 Å². The predicted octanol–water partition coefficient (Wildman–Crippen LogP) is 4.11. The monoisotopic (exact) mass is 258 g/mol. The number of Topliss-reactive ketones (excluding diaryl/α,β-unsaturated/α-hetero) is 1. The molecule has 0 radical (unpaired) electrons. The predicted molar refractivity (Wildman–Crippen MR) is 69.8 cm³/mol. The Balaban J connectivity index is 3.38. The van der Waals surface area contributed by atoms with E-state index in [1.807, 2.05) is 32.9 Å². The molecule has 0 aliphatic heterocycles. The van der Waals surface area contributed by atoms with Crippen LogP contribution in [0.1, 0.15) is 40.9 Å². The molecule has 1 nitrogen and oxygen atoms in total. The molecule has 0 atom stereocenters. The summed E-state index contributed by atoms with van der Waals surface area (Å²) in [5.74, 6) is -0.183. The Morgan fingerprint density at radius 1 is 1.19 bits per heavy atom. The second kappa shape index (κ2) is 5.70. The molecule has 88 valence electrons. The largest absolute Gasteiger partial charge is 0.291 e. The summed E-state index contributed by atoms with van der Waals surface area (Å²) in [6.45, 7) is 6.09. The fourth-order valence-corrected chi connectivity index (χ4v) is 2.14. The Bertz CT molecular complexity index is 372. The van der Waals surface area contributed by atoms with E-state index in [-0.39, 0.29) is 5.78 Å². The highest BCUT2D eigenvalue weighted by molar-refractivity contribution is 6.55. The average Bonchev–Trinajstić information content (AvgIpc) is 2.26. The van der Waals surface area contributed by atoms with Crippen LogP contribution in [0, 0.1) is 6.92 Å². The number of carbonyl (C=O) groups is 1. The van der Waals surface area contributed by atoms with E-state index in [0.717, 1.165) is 24.0 Å². The van der Waals surface area contributed by atoms with Crippen molar-refractivity contribution < 1.29 is 4.79 Å². The highest BCUT2D eigenvalue weighted by atomic mass is 35.5. The molecule has 1 aromatic carbocycles. The number of benzene rings is 1. The minimum Gasteiger partial charge on any atom is -0.291 e. The Morgan fingerprint density at radius 3 is 1.94 bits per heavy atom. The highest BCUT2D eigenvalue weighted by Gasteiger charge is 2.20. The lowest BCUT2D eigenvalue weighted by Gasteiger charge is -2.14. The third kappa shape index (κ3) is 2.78. The molecular weight excluding hydrogens is 243 g/mol. The van der Waals surface area contributed by atoms with Crippen LogP contribution in [-0.2, 0) is 12.8 Å². The van der Waals surface area contributed by atoms with Gasteiger partial charge in [0.05, 0.1) is 0 Å². The number of halogens is 2. The molecule has 0 aliphatic carbocycles. The maximum absolute atomic E-state index is 12.0. The van der Waals surface area contributed by atoms with Gasteiger partial charge in [-0.05, 0) is 30.9 Å². The molecule has 0 saturated heterocycles. The zero-order valence-electron chi connectivity index (χ0n) is 9.81. The summed E-state index contributed by atoms with van der Waals surface area (Å²) in [6, 6.07) is 4.06. The van der Waals surface area contributed by atoms with E-state index in [4.69, 9.17) is 23.2 Å². The van der Waals surface area contributed by atoms with Crippen molar-refractivity contribution in [1.29, 1.82) is 0 Å². The molecule has 0 heterocycles. The van der Waals surface area contributed by atoms with Crippen molar-refractivity contribution in [3.05, 3.63) is 34.4 Å². The van der Waals surface area contributed by atoms with Gasteiger partial charge in [0.2, 0.25) is 0 Å². The molecule has 0 fully saturated rings. The highest BCUT2D eigenvalue weighted by Crippen LogP contribution is 2.23. The third-order valence-corrected chi connectivity index (χ3v) is 3.05. The van der Waals surface area contributed by atoms with Gasteiger partial charge in [0.1, 0.15) is 0 Å². The number of carbonyl (C=O) groups excluding carboxylic acids is 1. The van der Waals surface area contributed by atoms with Crippen molar-refractivity contribution in [3.8, 4) is 0 Å². The van der Waals surface area contributed by atoms with Crippen molar-refractivity contribution in [2.45, 2.75) is 38.4 Å². The van der Waals surface area contributed by atoms with Crippen LogP contribution in [0.2, 0.25) is 0 Å². The average molecular weight is 259 g/mol. The molecule has 16 heavy (non-hydrogen) atoms. The first-order valence-corrected chi connectivity index (χ1v) is 6.33. The van der Waals surface area contributed by atoms with E-state index in [1.54, 1.807) is 0 Å². The van der Waals surface area contributed by atoms with Crippen LogP contribution in [0.15, 0.2) is 12.1 Å².